The molecule has 12 nitrogen and oxygen atoms in total. The van der Waals surface area contributed by atoms with Crippen LogP contribution in [0.5, 0.6) is 0 Å². The zero-order valence-corrected chi connectivity index (χ0v) is 22.4. The molecule has 0 unspecified atom stereocenters. The van der Waals surface area contributed by atoms with Gasteiger partial charge in [0.25, 0.3) is 10.1 Å². The maximum absolute atomic E-state index is 13.7. The molecule has 2 fully saturated rings. The van der Waals surface area contributed by atoms with Gasteiger partial charge in [0.05, 0.1) is 16.2 Å². The van der Waals surface area contributed by atoms with E-state index in [1.54, 1.807) is 27.7 Å². The SMILES string of the molecule is Cc1ccc(S(=O)(=O)O)c([C@@H]2C(=O)N3[C@@H]2S(=O)(=O)C(C)(C)[C@]3(CN)C(=O)OCOC(=O)C(C)(C)C)c1. The average molecular weight is 547 g/mol. The van der Waals surface area contributed by atoms with Crippen molar-refractivity contribution in [3.63, 3.8) is 0 Å². The number of nitrogens with two attached hydrogens (primary N) is 1. The van der Waals surface area contributed by atoms with Crippen LogP contribution in [0.3, 0.4) is 0 Å². The number of fused-ring (bicyclic) bond motifs is 1. The minimum Gasteiger partial charge on any atom is -0.427 e. The Bertz CT molecular complexity index is 1350. The van der Waals surface area contributed by atoms with Crippen LogP contribution in [-0.4, -0.2) is 73.1 Å². The molecule has 2 saturated heterocycles. The smallest absolute Gasteiger partial charge is 0.337 e. The predicted molar refractivity (Wildman–Crippen MR) is 126 cm³/mol. The normalized spacial score (nSPS) is 26.7. The molecule has 1 aromatic carbocycles. The van der Waals surface area contributed by atoms with E-state index in [1.165, 1.54) is 26.0 Å². The quantitative estimate of drug-likeness (QED) is 0.219. The lowest BCUT2D eigenvalue weighted by molar-refractivity contribution is -0.187. The van der Waals surface area contributed by atoms with Crippen LogP contribution in [0.4, 0.5) is 0 Å². The van der Waals surface area contributed by atoms with Crippen molar-refractivity contribution in [1.82, 2.24) is 4.90 Å². The molecule has 1 aromatic rings. The summed E-state index contributed by atoms with van der Waals surface area (Å²) in [5, 5.41) is -1.64. The lowest BCUT2D eigenvalue weighted by Gasteiger charge is -2.49. The van der Waals surface area contributed by atoms with E-state index in [9.17, 15) is 35.8 Å². The molecule has 1 amide bonds. The number of sulfone groups is 1. The van der Waals surface area contributed by atoms with E-state index in [0.717, 1.165) is 11.0 Å². The molecule has 0 aromatic heterocycles. The Balaban J connectivity index is 2.07. The second kappa shape index (κ2) is 8.50. The molecule has 3 N–H and O–H groups in total. The number of hydrogen-bond acceptors (Lipinski definition) is 10. The number of benzene rings is 1. The van der Waals surface area contributed by atoms with Gasteiger partial charge in [0, 0.05) is 6.54 Å². The Morgan fingerprint density at radius 1 is 1.19 bits per heavy atom. The zero-order valence-electron chi connectivity index (χ0n) is 20.8. The summed E-state index contributed by atoms with van der Waals surface area (Å²) in [5.74, 6) is -4.25. The lowest BCUT2D eigenvalue weighted by Crippen LogP contribution is -2.72. The maximum atomic E-state index is 13.7. The van der Waals surface area contributed by atoms with E-state index in [4.69, 9.17) is 15.2 Å². The number of hydrogen-bond donors (Lipinski definition) is 2. The average Bonchev–Trinajstić information content (AvgIpc) is 2.84. The highest BCUT2D eigenvalue weighted by Gasteiger charge is 2.80. The van der Waals surface area contributed by atoms with Crippen molar-refractivity contribution in [2.45, 2.75) is 68.0 Å². The molecule has 2 aliphatic heterocycles. The van der Waals surface area contributed by atoms with Gasteiger partial charge in [-0.05, 0) is 53.2 Å². The van der Waals surface area contributed by atoms with Gasteiger partial charge < -0.3 is 20.1 Å². The molecule has 0 aliphatic carbocycles. The van der Waals surface area contributed by atoms with Crippen molar-refractivity contribution in [2.75, 3.05) is 13.3 Å². The highest BCUT2D eigenvalue weighted by Crippen LogP contribution is 2.57. The molecule has 36 heavy (non-hydrogen) atoms. The van der Waals surface area contributed by atoms with Gasteiger partial charge >= 0.3 is 11.9 Å². The third kappa shape index (κ3) is 3.81. The number of amides is 1. The first kappa shape index (κ1) is 28.0. The molecule has 0 bridgehead atoms. The van der Waals surface area contributed by atoms with E-state index in [2.05, 4.69) is 0 Å². The zero-order chi connectivity index (χ0) is 27.6. The third-order valence-corrected chi connectivity index (χ3v) is 10.7. The van der Waals surface area contributed by atoms with E-state index in [-0.39, 0.29) is 5.56 Å². The Morgan fingerprint density at radius 2 is 1.78 bits per heavy atom. The summed E-state index contributed by atoms with van der Waals surface area (Å²) in [6.07, 6.45) is 0. The molecular weight excluding hydrogens is 516 g/mol. The van der Waals surface area contributed by atoms with Gasteiger partial charge in [-0.3, -0.25) is 14.1 Å². The van der Waals surface area contributed by atoms with Gasteiger partial charge in [0.15, 0.2) is 20.8 Å². The highest BCUT2D eigenvalue weighted by molar-refractivity contribution is 7.94. The highest BCUT2D eigenvalue weighted by atomic mass is 32.2. The first-order valence-corrected chi connectivity index (χ1v) is 13.9. The number of β-lactam (4-membered cyclic amide) rings is 1. The number of esters is 2. The Kier molecular flexibility index (Phi) is 6.62. The summed E-state index contributed by atoms with van der Waals surface area (Å²) in [7, 11) is -9.16. The maximum Gasteiger partial charge on any atom is 0.337 e. The van der Waals surface area contributed by atoms with E-state index >= 15 is 0 Å². The molecule has 3 atom stereocenters. The van der Waals surface area contributed by atoms with Crippen LogP contribution in [-0.2, 0) is 43.8 Å². The van der Waals surface area contributed by atoms with Crippen molar-refractivity contribution >= 4 is 37.8 Å². The van der Waals surface area contributed by atoms with Gasteiger partial charge in [-0.1, -0.05) is 17.7 Å². The predicted octanol–water partition coefficient (Wildman–Crippen LogP) is 0.488. The largest absolute Gasteiger partial charge is 0.427 e. The Hall–Kier alpha value is -2.55. The van der Waals surface area contributed by atoms with Crippen molar-refractivity contribution < 1.29 is 45.2 Å². The molecule has 0 saturated carbocycles. The molecule has 2 heterocycles. The van der Waals surface area contributed by atoms with Crippen LogP contribution in [0.1, 0.15) is 51.7 Å². The van der Waals surface area contributed by atoms with E-state index in [1.807, 2.05) is 0 Å². The van der Waals surface area contributed by atoms with Crippen LogP contribution in [0, 0.1) is 12.3 Å². The molecule has 0 spiro atoms. The Labute approximate surface area is 209 Å². The van der Waals surface area contributed by atoms with Crippen LogP contribution in [0.15, 0.2) is 23.1 Å². The third-order valence-electron chi connectivity index (χ3n) is 6.88. The fourth-order valence-electron chi connectivity index (χ4n) is 4.69. The van der Waals surface area contributed by atoms with E-state index < -0.39 is 83.0 Å². The number of nitrogens with zero attached hydrogens (tertiary/aromatic N) is 1. The van der Waals surface area contributed by atoms with Gasteiger partial charge in [-0.2, -0.15) is 8.42 Å². The number of aryl methyl sites for hydroxylation is 1. The molecule has 14 heteroatoms. The fraction of sp³-hybridized carbons (Fsp3) is 0.591. The number of rotatable bonds is 6. The second-order valence-corrected chi connectivity index (χ2v) is 14.4. The van der Waals surface area contributed by atoms with Gasteiger partial charge in [-0.15, -0.1) is 0 Å². The van der Waals surface area contributed by atoms with Crippen molar-refractivity contribution in [3.05, 3.63) is 29.3 Å². The molecule has 200 valence electrons. The van der Waals surface area contributed by atoms with E-state index in [0.29, 0.717) is 5.56 Å². The molecule has 2 aliphatic rings. The fourth-order valence-corrected chi connectivity index (χ4v) is 7.94. The summed E-state index contributed by atoms with van der Waals surface area (Å²) in [6.45, 7) is 7.33. The number of ether oxygens (including phenoxy) is 2. The summed E-state index contributed by atoms with van der Waals surface area (Å²) in [5.41, 5.74) is 3.16. The van der Waals surface area contributed by atoms with Gasteiger partial charge in [0.2, 0.25) is 12.7 Å². The summed E-state index contributed by atoms with van der Waals surface area (Å²) in [6, 6.07) is 3.77. The van der Waals surface area contributed by atoms with Crippen LogP contribution in [0.25, 0.3) is 0 Å². The van der Waals surface area contributed by atoms with Gasteiger partial charge in [0.1, 0.15) is 4.75 Å². The van der Waals surface area contributed by atoms with Crippen molar-refractivity contribution in [1.29, 1.82) is 0 Å². The van der Waals surface area contributed by atoms with Gasteiger partial charge in [-0.25, -0.2) is 13.2 Å². The molecular formula is C22H30N2O10S2. The minimum atomic E-state index is -4.80. The standard InChI is InChI=1S/C22H30N2O10S2/c1-12-7-8-14(36(30,31)32)13(9-12)15-16(25)24-17(15)35(28,29)21(5,6)22(24,10-23)19(27)34-11-33-18(26)20(2,3)4/h7-9,15,17H,10-11,23H2,1-6H3,(H,30,31,32)/t15-,17-,22+/m1/s1. The van der Waals surface area contributed by atoms with Crippen LogP contribution in [0.2, 0.25) is 0 Å². The van der Waals surface area contributed by atoms with Crippen molar-refractivity contribution in [3.8, 4) is 0 Å². The summed E-state index contributed by atoms with van der Waals surface area (Å²) >= 11 is 0. The molecule has 3 rings (SSSR count). The number of carbonyl (C=O) groups is 3. The number of carbonyl (C=O) groups excluding carboxylic acids is 3. The first-order valence-electron chi connectivity index (χ1n) is 11.0. The second-order valence-electron chi connectivity index (χ2n) is 10.4. The van der Waals surface area contributed by atoms with Crippen LogP contribution >= 0.6 is 0 Å². The topological polar surface area (TPSA) is 187 Å². The first-order chi connectivity index (χ1) is 16.3. The summed E-state index contributed by atoms with van der Waals surface area (Å²) < 4.78 is 69.1. The van der Waals surface area contributed by atoms with Crippen LogP contribution < -0.4 is 5.73 Å². The Morgan fingerprint density at radius 3 is 2.28 bits per heavy atom. The lowest BCUT2D eigenvalue weighted by atomic mass is 9.77. The molecule has 0 radical (unpaired) electrons. The monoisotopic (exact) mass is 546 g/mol. The minimum absolute atomic E-state index is 0.205. The summed E-state index contributed by atoms with van der Waals surface area (Å²) in [4.78, 5) is 38.9. The van der Waals surface area contributed by atoms with Crippen molar-refractivity contribution in [2.24, 2.45) is 11.1 Å².